The Balaban J connectivity index is 1.53. The SMILES string of the molecule is c1cc(-c2ccn(CC3COCCO3)n2)cc(-c2nccs2)c1. The van der Waals surface area contributed by atoms with Gasteiger partial charge in [-0.15, -0.1) is 11.3 Å². The summed E-state index contributed by atoms with van der Waals surface area (Å²) in [5.41, 5.74) is 3.17. The standard InChI is InChI=1S/C17H17N3O2S/c1-2-13(10-14(3-1)17-18-5-9-23-17)16-4-6-20(19-16)11-15-12-21-7-8-22-15/h1-6,9-10,15H,7-8,11-12H2. The van der Waals surface area contributed by atoms with E-state index in [4.69, 9.17) is 9.47 Å². The minimum absolute atomic E-state index is 0.0816. The molecular weight excluding hydrogens is 310 g/mol. The molecule has 0 aliphatic carbocycles. The van der Waals surface area contributed by atoms with Crippen LogP contribution in [0.4, 0.5) is 0 Å². The lowest BCUT2D eigenvalue weighted by molar-refractivity contribution is -0.0946. The van der Waals surface area contributed by atoms with Crippen molar-refractivity contribution in [3.63, 3.8) is 0 Å². The molecule has 1 fully saturated rings. The van der Waals surface area contributed by atoms with Gasteiger partial charge in [-0.3, -0.25) is 4.68 Å². The maximum absolute atomic E-state index is 5.67. The number of thiazole rings is 1. The Kier molecular flexibility index (Phi) is 4.19. The van der Waals surface area contributed by atoms with Crippen molar-refractivity contribution in [2.75, 3.05) is 19.8 Å². The Morgan fingerprint density at radius 3 is 3.00 bits per heavy atom. The Bertz CT molecular complexity index is 764. The molecule has 118 valence electrons. The van der Waals surface area contributed by atoms with E-state index in [1.807, 2.05) is 34.6 Å². The third-order valence-electron chi connectivity index (χ3n) is 3.75. The van der Waals surface area contributed by atoms with Gasteiger partial charge in [0.25, 0.3) is 0 Å². The third kappa shape index (κ3) is 3.34. The molecule has 5 nitrogen and oxygen atoms in total. The van der Waals surface area contributed by atoms with E-state index in [0.29, 0.717) is 26.4 Å². The van der Waals surface area contributed by atoms with Crippen molar-refractivity contribution < 1.29 is 9.47 Å². The summed E-state index contributed by atoms with van der Waals surface area (Å²) in [6, 6.07) is 10.4. The molecule has 0 spiro atoms. The molecule has 0 bridgehead atoms. The zero-order chi connectivity index (χ0) is 15.5. The second-order valence-electron chi connectivity index (χ2n) is 5.41. The minimum atomic E-state index is 0.0816. The van der Waals surface area contributed by atoms with Crippen molar-refractivity contribution in [3.05, 3.63) is 48.1 Å². The topological polar surface area (TPSA) is 49.2 Å². The van der Waals surface area contributed by atoms with Crippen LogP contribution in [-0.4, -0.2) is 40.7 Å². The second-order valence-corrected chi connectivity index (χ2v) is 6.30. The molecule has 1 unspecified atom stereocenters. The first-order chi connectivity index (χ1) is 11.4. The Morgan fingerprint density at radius 1 is 1.22 bits per heavy atom. The number of hydrogen-bond acceptors (Lipinski definition) is 5. The van der Waals surface area contributed by atoms with Gasteiger partial charge in [0.1, 0.15) is 11.1 Å². The maximum atomic E-state index is 5.67. The lowest BCUT2D eigenvalue weighted by atomic mass is 10.1. The number of hydrogen-bond donors (Lipinski definition) is 0. The van der Waals surface area contributed by atoms with Gasteiger partial charge in [0.15, 0.2) is 0 Å². The number of benzene rings is 1. The fourth-order valence-electron chi connectivity index (χ4n) is 2.65. The molecule has 4 rings (SSSR count). The highest BCUT2D eigenvalue weighted by atomic mass is 32.1. The summed E-state index contributed by atoms with van der Waals surface area (Å²) >= 11 is 1.64. The van der Waals surface area contributed by atoms with Gasteiger partial charge in [-0.1, -0.05) is 18.2 Å². The number of nitrogens with zero attached hydrogens (tertiary/aromatic N) is 3. The van der Waals surface area contributed by atoms with E-state index >= 15 is 0 Å². The quantitative estimate of drug-likeness (QED) is 0.739. The molecule has 6 heteroatoms. The van der Waals surface area contributed by atoms with Gasteiger partial charge in [-0.2, -0.15) is 5.10 Å². The molecule has 23 heavy (non-hydrogen) atoms. The van der Waals surface area contributed by atoms with Gasteiger partial charge in [0.05, 0.1) is 32.1 Å². The van der Waals surface area contributed by atoms with Gasteiger partial charge in [-0.05, 0) is 12.1 Å². The van der Waals surface area contributed by atoms with Crippen molar-refractivity contribution in [3.8, 4) is 21.8 Å². The molecule has 0 amide bonds. The molecule has 1 saturated heterocycles. The molecule has 3 aromatic rings. The maximum Gasteiger partial charge on any atom is 0.123 e. The van der Waals surface area contributed by atoms with Crippen LogP contribution in [0.2, 0.25) is 0 Å². The van der Waals surface area contributed by atoms with Gasteiger partial charge in [0, 0.05) is 28.9 Å². The highest BCUT2D eigenvalue weighted by Gasteiger charge is 2.15. The summed E-state index contributed by atoms with van der Waals surface area (Å²) in [5, 5.41) is 7.68. The average molecular weight is 327 g/mol. The Morgan fingerprint density at radius 2 is 2.17 bits per heavy atom. The summed E-state index contributed by atoms with van der Waals surface area (Å²) in [4.78, 5) is 4.37. The monoisotopic (exact) mass is 327 g/mol. The van der Waals surface area contributed by atoms with Crippen molar-refractivity contribution in [2.45, 2.75) is 12.6 Å². The van der Waals surface area contributed by atoms with Gasteiger partial charge >= 0.3 is 0 Å². The minimum Gasteiger partial charge on any atom is -0.376 e. The number of ether oxygens (including phenoxy) is 2. The first kappa shape index (κ1) is 14.6. The van der Waals surface area contributed by atoms with E-state index in [2.05, 4.69) is 28.3 Å². The van der Waals surface area contributed by atoms with E-state index in [1.165, 1.54) is 0 Å². The zero-order valence-corrected chi connectivity index (χ0v) is 13.4. The van der Waals surface area contributed by atoms with Crippen LogP contribution in [0.1, 0.15) is 0 Å². The molecule has 0 N–H and O–H groups in total. The number of aromatic nitrogens is 3. The van der Waals surface area contributed by atoms with Crippen molar-refractivity contribution in [1.82, 2.24) is 14.8 Å². The van der Waals surface area contributed by atoms with E-state index in [1.54, 1.807) is 11.3 Å². The first-order valence-corrected chi connectivity index (χ1v) is 8.49. The van der Waals surface area contributed by atoms with Crippen LogP contribution in [0, 0.1) is 0 Å². The lowest BCUT2D eigenvalue weighted by Crippen LogP contribution is -2.32. The van der Waals surface area contributed by atoms with Gasteiger partial charge in [0.2, 0.25) is 0 Å². The highest BCUT2D eigenvalue weighted by Crippen LogP contribution is 2.26. The van der Waals surface area contributed by atoms with Crippen LogP contribution in [0.5, 0.6) is 0 Å². The van der Waals surface area contributed by atoms with Crippen LogP contribution in [0.3, 0.4) is 0 Å². The normalized spacial score (nSPS) is 18.2. The third-order valence-corrected chi connectivity index (χ3v) is 4.58. The largest absolute Gasteiger partial charge is 0.376 e. The molecule has 0 radical (unpaired) electrons. The summed E-state index contributed by atoms with van der Waals surface area (Å²) in [6.07, 6.45) is 3.90. The molecule has 1 atom stereocenters. The van der Waals surface area contributed by atoms with E-state index in [0.717, 1.165) is 21.8 Å². The van der Waals surface area contributed by atoms with E-state index in [9.17, 15) is 0 Å². The lowest BCUT2D eigenvalue weighted by Gasteiger charge is -2.22. The summed E-state index contributed by atoms with van der Waals surface area (Å²) in [7, 11) is 0. The van der Waals surface area contributed by atoms with Crippen LogP contribution >= 0.6 is 11.3 Å². The molecule has 1 aliphatic heterocycles. The molecular formula is C17H17N3O2S. The van der Waals surface area contributed by atoms with E-state index in [-0.39, 0.29) is 6.10 Å². The summed E-state index contributed by atoms with van der Waals surface area (Å²) < 4.78 is 13.0. The predicted octanol–water partition coefficient (Wildman–Crippen LogP) is 3.09. The van der Waals surface area contributed by atoms with Crippen LogP contribution < -0.4 is 0 Å². The van der Waals surface area contributed by atoms with Gasteiger partial charge < -0.3 is 9.47 Å². The van der Waals surface area contributed by atoms with Crippen LogP contribution in [0.25, 0.3) is 21.8 Å². The fourth-order valence-corrected chi connectivity index (χ4v) is 3.28. The highest BCUT2D eigenvalue weighted by molar-refractivity contribution is 7.13. The first-order valence-electron chi connectivity index (χ1n) is 7.61. The molecule has 1 aliphatic rings. The second kappa shape index (κ2) is 6.62. The molecule has 3 heterocycles. The zero-order valence-electron chi connectivity index (χ0n) is 12.6. The molecule has 2 aromatic heterocycles. The fraction of sp³-hybridized carbons (Fsp3) is 0.294. The average Bonchev–Trinajstić information content (AvgIpc) is 3.28. The van der Waals surface area contributed by atoms with Crippen molar-refractivity contribution in [2.24, 2.45) is 0 Å². The Labute approximate surface area is 138 Å². The summed E-state index contributed by atoms with van der Waals surface area (Å²) in [6.45, 7) is 2.69. The molecule has 0 saturated carbocycles. The Hall–Kier alpha value is -2.02. The van der Waals surface area contributed by atoms with Crippen LogP contribution in [-0.2, 0) is 16.0 Å². The molecule has 1 aromatic carbocycles. The van der Waals surface area contributed by atoms with Crippen molar-refractivity contribution in [1.29, 1.82) is 0 Å². The predicted molar refractivity (Wildman–Crippen MR) is 89.3 cm³/mol. The van der Waals surface area contributed by atoms with Gasteiger partial charge in [-0.25, -0.2) is 4.98 Å². The number of rotatable bonds is 4. The smallest absolute Gasteiger partial charge is 0.123 e. The van der Waals surface area contributed by atoms with E-state index < -0.39 is 0 Å². The van der Waals surface area contributed by atoms with Crippen LogP contribution in [0.15, 0.2) is 48.1 Å². The summed E-state index contributed by atoms with van der Waals surface area (Å²) in [5.74, 6) is 0. The van der Waals surface area contributed by atoms with Crippen molar-refractivity contribution >= 4 is 11.3 Å².